The van der Waals surface area contributed by atoms with E-state index in [1.165, 1.54) is 24.2 Å². The lowest BCUT2D eigenvalue weighted by Gasteiger charge is -2.11. The van der Waals surface area contributed by atoms with Crippen molar-refractivity contribution < 1.29 is 9.53 Å². The van der Waals surface area contributed by atoms with Gasteiger partial charge in [-0.1, -0.05) is 61.4 Å². The molecule has 0 aliphatic rings. The zero-order valence-electron chi connectivity index (χ0n) is 13.6. The molecule has 0 radical (unpaired) electrons. The summed E-state index contributed by atoms with van der Waals surface area (Å²) < 4.78 is 5.59. The third-order valence-electron chi connectivity index (χ3n) is 3.40. The third-order valence-corrected chi connectivity index (χ3v) is 4.30. The molecule has 2 rings (SSSR count). The molecule has 0 bridgehead atoms. The number of amides is 1. The Morgan fingerprint density at radius 2 is 2.04 bits per heavy atom. The largest absolute Gasteiger partial charge is 0.364 e. The number of hydrogen-bond acceptors (Lipinski definition) is 5. The summed E-state index contributed by atoms with van der Waals surface area (Å²) in [5.41, 5.74) is 1.04. The maximum absolute atomic E-state index is 12.1. The van der Waals surface area contributed by atoms with Crippen molar-refractivity contribution in [2.75, 3.05) is 5.32 Å². The second-order valence-corrected chi connectivity index (χ2v) is 6.45. The van der Waals surface area contributed by atoms with E-state index in [1.807, 2.05) is 30.3 Å². The minimum absolute atomic E-state index is 0.197. The fourth-order valence-electron chi connectivity index (χ4n) is 2.01. The molecule has 1 heterocycles. The summed E-state index contributed by atoms with van der Waals surface area (Å²) in [6.07, 6.45) is 3.85. The highest BCUT2D eigenvalue weighted by atomic mass is 32.1. The quantitative estimate of drug-likeness (QED) is 0.709. The van der Waals surface area contributed by atoms with Crippen molar-refractivity contribution in [3.63, 3.8) is 0 Å². The number of unbranched alkanes of at least 4 members (excludes halogenated alkanes) is 2. The SMILES string of the molecule is CCCCCc1nnc(NC(=O)C(C)OCc2ccccc2)s1. The lowest BCUT2D eigenvalue weighted by Crippen LogP contribution is -2.27. The van der Waals surface area contributed by atoms with Gasteiger partial charge in [0.2, 0.25) is 5.13 Å². The van der Waals surface area contributed by atoms with Crippen LogP contribution in [-0.4, -0.2) is 22.2 Å². The van der Waals surface area contributed by atoms with Crippen LogP contribution in [-0.2, 0) is 22.6 Å². The van der Waals surface area contributed by atoms with Gasteiger partial charge in [-0.15, -0.1) is 10.2 Å². The Morgan fingerprint density at radius 3 is 2.78 bits per heavy atom. The maximum atomic E-state index is 12.1. The van der Waals surface area contributed by atoms with E-state index in [-0.39, 0.29) is 5.91 Å². The van der Waals surface area contributed by atoms with Gasteiger partial charge in [-0.2, -0.15) is 0 Å². The predicted octanol–water partition coefficient (Wildman–Crippen LogP) is 3.81. The Kier molecular flexibility index (Phi) is 7.16. The second kappa shape index (κ2) is 9.37. The van der Waals surface area contributed by atoms with Gasteiger partial charge in [-0.05, 0) is 18.9 Å². The molecule has 6 heteroatoms. The monoisotopic (exact) mass is 333 g/mol. The average Bonchev–Trinajstić information content (AvgIpc) is 3.01. The number of nitrogens with zero attached hydrogens (tertiary/aromatic N) is 2. The third kappa shape index (κ3) is 6.08. The summed E-state index contributed by atoms with van der Waals surface area (Å²) in [7, 11) is 0. The molecule has 1 unspecified atom stereocenters. The van der Waals surface area contributed by atoms with Crippen LogP contribution in [0.4, 0.5) is 5.13 Å². The van der Waals surface area contributed by atoms with Crippen LogP contribution in [0.5, 0.6) is 0 Å². The summed E-state index contributed by atoms with van der Waals surface area (Å²) in [5, 5.41) is 12.4. The van der Waals surface area contributed by atoms with Gasteiger partial charge in [-0.3, -0.25) is 10.1 Å². The number of carbonyl (C=O) groups is 1. The molecule has 124 valence electrons. The van der Waals surface area contributed by atoms with Crippen molar-refractivity contribution in [3.8, 4) is 0 Å². The molecular weight excluding hydrogens is 310 g/mol. The summed E-state index contributed by atoms with van der Waals surface area (Å²) in [6, 6.07) is 9.79. The molecule has 0 saturated carbocycles. The van der Waals surface area contributed by atoms with Gasteiger partial charge >= 0.3 is 0 Å². The Balaban J connectivity index is 1.77. The molecule has 1 amide bonds. The van der Waals surface area contributed by atoms with Crippen LogP contribution in [0.25, 0.3) is 0 Å². The molecule has 5 nitrogen and oxygen atoms in total. The Hall–Kier alpha value is -1.79. The first-order valence-electron chi connectivity index (χ1n) is 7.97. The van der Waals surface area contributed by atoms with Crippen LogP contribution >= 0.6 is 11.3 Å². The normalized spacial score (nSPS) is 12.1. The number of ether oxygens (including phenoxy) is 1. The molecule has 2 aromatic rings. The zero-order valence-corrected chi connectivity index (χ0v) is 14.4. The number of rotatable bonds is 9. The fraction of sp³-hybridized carbons (Fsp3) is 0.471. The summed E-state index contributed by atoms with van der Waals surface area (Å²) in [6.45, 7) is 4.32. The van der Waals surface area contributed by atoms with Gasteiger partial charge in [-0.25, -0.2) is 0 Å². The highest BCUT2D eigenvalue weighted by Gasteiger charge is 2.16. The molecule has 0 aliphatic heterocycles. The van der Waals surface area contributed by atoms with Gasteiger partial charge in [0.1, 0.15) is 11.1 Å². The molecule has 1 atom stereocenters. The number of aryl methyl sites for hydroxylation is 1. The smallest absolute Gasteiger partial charge is 0.255 e. The van der Waals surface area contributed by atoms with Crippen LogP contribution in [0, 0.1) is 0 Å². The zero-order chi connectivity index (χ0) is 16.5. The second-order valence-electron chi connectivity index (χ2n) is 5.39. The summed E-state index contributed by atoms with van der Waals surface area (Å²) in [4.78, 5) is 12.1. The van der Waals surface area contributed by atoms with Gasteiger partial charge in [0.05, 0.1) is 6.61 Å². The first-order chi connectivity index (χ1) is 11.2. The first kappa shape index (κ1) is 17.6. The van der Waals surface area contributed by atoms with Gasteiger partial charge in [0.25, 0.3) is 5.91 Å². The topological polar surface area (TPSA) is 64.1 Å². The van der Waals surface area contributed by atoms with Crippen LogP contribution in [0.1, 0.15) is 43.7 Å². The van der Waals surface area contributed by atoms with E-state index in [1.54, 1.807) is 6.92 Å². The molecule has 1 aromatic carbocycles. The van der Waals surface area contributed by atoms with Crippen LogP contribution in [0.2, 0.25) is 0 Å². The van der Waals surface area contributed by atoms with Gasteiger partial charge < -0.3 is 4.74 Å². The fourth-order valence-corrected chi connectivity index (χ4v) is 2.79. The average molecular weight is 333 g/mol. The number of benzene rings is 1. The van der Waals surface area contributed by atoms with Crippen LogP contribution in [0.15, 0.2) is 30.3 Å². The number of hydrogen-bond donors (Lipinski definition) is 1. The van der Waals surface area contributed by atoms with Crippen molar-refractivity contribution in [1.29, 1.82) is 0 Å². The molecule has 0 spiro atoms. The van der Waals surface area contributed by atoms with E-state index in [9.17, 15) is 4.79 Å². The van der Waals surface area contributed by atoms with Crippen molar-refractivity contribution in [1.82, 2.24) is 10.2 Å². The Labute approximate surface area is 141 Å². The highest BCUT2D eigenvalue weighted by molar-refractivity contribution is 7.15. The predicted molar refractivity (Wildman–Crippen MR) is 92.5 cm³/mol. The van der Waals surface area contributed by atoms with Crippen molar-refractivity contribution in [2.24, 2.45) is 0 Å². The molecule has 0 fully saturated rings. The van der Waals surface area contributed by atoms with Crippen LogP contribution < -0.4 is 5.32 Å². The Bertz CT molecular complexity index is 601. The van der Waals surface area contributed by atoms with Gasteiger partial charge in [0, 0.05) is 6.42 Å². The molecule has 23 heavy (non-hydrogen) atoms. The highest BCUT2D eigenvalue weighted by Crippen LogP contribution is 2.18. The van der Waals surface area contributed by atoms with E-state index in [2.05, 4.69) is 22.4 Å². The lowest BCUT2D eigenvalue weighted by molar-refractivity contribution is -0.127. The molecule has 1 aromatic heterocycles. The van der Waals surface area contributed by atoms with E-state index >= 15 is 0 Å². The molecule has 1 N–H and O–H groups in total. The minimum Gasteiger partial charge on any atom is -0.364 e. The number of carbonyl (C=O) groups excluding carboxylic acids is 1. The summed E-state index contributed by atoms with van der Waals surface area (Å²) in [5.74, 6) is -0.197. The first-order valence-corrected chi connectivity index (χ1v) is 8.79. The number of aromatic nitrogens is 2. The van der Waals surface area contributed by atoms with E-state index in [0.29, 0.717) is 11.7 Å². The molecule has 0 aliphatic carbocycles. The minimum atomic E-state index is -0.539. The van der Waals surface area contributed by atoms with Crippen molar-refractivity contribution in [3.05, 3.63) is 40.9 Å². The van der Waals surface area contributed by atoms with E-state index in [0.717, 1.165) is 23.4 Å². The van der Waals surface area contributed by atoms with Crippen molar-refractivity contribution >= 4 is 22.4 Å². The van der Waals surface area contributed by atoms with Gasteiger partial charge in [0.15, 0.2) is 0 Å². The van der Waals surface area contributed by atoms with Crippen molar-refractivity contribution in [2.45, 2.75) is 52.2 Å². The lowest BCUT2D eigenvalue weighted by atomic mass is 10.2. The molecule has 0 saturated heterocycles. The maximum Gasteiger partial charge on any atom is 0.255 e. The number of nitrogens with one attached hydrogen (secondary N) is 1. The molecular formula is C17H23N3O2S. The van der Waals surface area contributed by atoms with E-state index < -0.39 is 6.10 Å². The summed E-state index contributed by atoms with van der Waals surface area (Å²) >= 11 is 1.43. The van der Waals surface area contributed by atoms with E-state index in [4.69, 9.17) is 4.74 Å². The Morgan fingerprint density at radius 1 is 1.26 bits per heavy atom. The standard InChI is InChI=1S/C17H23N3O2S/c1-3-4-6-11-15-19-20-17(23-15)18-16(21)13(2)22-12-14-9-7-5-8-10-14/h5,7-10,13H,3-4,6,11-12H2,1-2H3,(H,18,20,21). The van der Waals surface area contributed by atoms with Crippen LogP contribution in [0.3, 0.4) is 0 Å². The number of anilines is 1.